The SMILES string of the molecule is CCCSc1nc(NC2CC2c2ccc(OC)cc2)c2nnn(C3CC(CO)C(O)C3O)c2n1. The number of ether oxygens (including phenoxy) is 1. The quantitative estimate of drug-likeness (QED) is 0.262. The van der Waals surface area contributed by atoms with Gasteiger partial charge in [0.1, 0.15) is 11.9 Å². The second-order valence-corrected chi connectivity index (χ2v) is 10.1. The molecule has 0 spiro atoms. The molecule has 2 aliphatic rings. The standard InChI is InChI=1S/C23H30N6O4S/c1-3-8-34-23-25-21(24-16-10-15(16)12-4-6-14(33-2)7-5-12)18-22(26-23)29(28-27-18)17-9-13(11-30)19(31)20(17)32/h4-7,13,15-17,19-20,30-32H,3,8-11H2,1-2H3,(H,24,25,26). The molecule has 2 aromatic heterocycles. The number of benzene rings is 1. The van der Waals surface area contributed by atoms with E-state index >= 15 is 0 Å². The first-order valence-corrected chi connectivity index (χ1v) is 12.7. The van der Waals surface area contributed by atoms with E-state index in [-0.39, 0.29) is 12.6 Å². The van der Waals surface area contributed by atoms with E-state index in [4.69, 9.17) is 14.7 Å². The molecule has 2 fully saturated rings. The van der Waals surface area contributed by atoms with Crippen molar-refractivity contribution in [3.8, 4) is 5.75 Å². The Morgan fingerprint density at radius 3 is 2.62 bits per heavy atom. The van der Waals surface area contributed by atoms with Gasteiger partial charge in [0.15, 0.2) is 22.1 Å². The number of thioether (sulfide) groups is 1. The first-order valence-electron chi connectivity index (χ1n) is 11.7. The molecule has 2 heterocycles. The van der Waals surface area contributed by atoms with Crippen LogP contribution in [0.2, 0.25) is 0 Å². The van der Waals surface area contributed by atoms with Gasteiger partial charge >= 0.3 is 0 Å². The fourth-order valence-corrected chi connectivity index (χ4v) is 5.36. The molecule has 0 saturated heterocycles. The Morgan fingerprint density at radius 2 is 1.94 bits per heavy atom. The number of aliphatic hydroxyl groups is 3. The van der Waals surface area contributed by atoms with Crippen LogP contribution in [-0.2, 0) is 0 Å². The Bertz CT molecular complexity index is 1140. The molecule has 1 aromatic carbocycles. The Morgan fingerprint density at radius 1 is 1.15 bits per heavy atom. The monoisotopic (exact) mass is 486 g/mol. The van der Waals surface area contributed by atoms with Crippen LogP contribution in [0.1, 0.15) is 43.7 Å². The molecular weight excluding hydrogens is 456 g/mol. The van der Waals surface area contributed by atoms with Crippen LogP contribution in [0.5, 0.6) is 5.75 Å². The number of rotatable bonds is 9. The summed E-state index contributed by atoms with van der Waals surface area (Å²) in [5.41, 5.74) is 2.30. The third-order valence-corrected chi connectivity index (χ3v) is 7.77. The molecular formula is C23H30N6O4S. The predicted molar refractivity (Wildman–Crippen MR) is 128 cm³/mol. The van der Waals surface area contributed by atoms with Crippen molar-refractivity contribution in [1.29, 1.82) is 0 Å². The average molecular weight is 487 g/mol. The van der Waals surface area contributed by atoms with Gasteiger partial charge in [-0.15, -0.1) is 5.10 Å². The van der Waals surface area contributed by atoms with Gasteiger partial charge in [0.2, 0.25) is 0 Å². The molecule has 0 radical (unpaired) electrons. The third kappa shape index (κ3) is 4.33. The van der Waals surface area contributed by atoms with E-state index in [1.54, 1.807) is 23.6 Å². The van der Waals surface area contributed by atoms with Crippen LogP contribution >= 0.6 is 11.8 Å². The summed E-state index contributed by atoms with van der Waals surface area (Å²) in [6.07, 6.45) is 0.293. The molecule has 2 saturated carbocycles. The molecule has 0 amide bonds. The molecule has 5 rings (SSSR count). The lowest BCUT2D eigenvalue weighted by atomic mass is 10.1. The van der Waals surface area contributed by atoms with Crippen molar-refractivity contribution < 1.29 is 20.1 Å². The minimum absolute atomic E-state index is 0.199. The number of nitrogens with zero attached hydrogens (tertiary/aromatic N) is 5. The van der Waals surface area contributed by atoms with E-state index in [0.29, 0.717) is 34.5 Å². The lowest BCUT2D eigenvalue weighted by Gasteiger charge is -2.17. The van der Waals surface area contributed by atoms with Gasteiger partial charge < -0.3 is 25.4 Å². The average Bonchev–Trinajstić information content (AvgIpc) is 3.40. The predicted octanol–water partition coefficient (Wildman–Crippen LogP) is 1.98. The maximum atomic E-state index is 10.6. The lowest BCUT2D eigenvalue weighted by Crippen LogP contribution is -2.30. The van der Waals surface area contributed by atoms with Crippen LogP contribution in [-0.4, -0.2) is 78.0 Å². The summed E-state index contributed by atoms with van der Waals surface area (Å²) in [6, 6.07) is 7.82. The summed E-state index contributed by atoms with van der Waals surface area (Å²) in [4.78, 5) is 9.43. The van der Waals surface area contributed by atoms with E-state index in [2.05, 4.69) is 34.7 Å². The number of methoxy groups -OCH3 is 1. The van der Waals surface area contributed by atoms with Crippen molar-refractivity contribution in [2.75, 3.05) is 24.8 Å². The summed E-state index contributed by atoms with van der Waals surface area (Å²) < 4.78 is 6.84. The third-order valence-electron chi connectivity index (χ3n) is 6.71. The van der Waals surface area contributed by atoms with Crippen molar-refractivity contribution in [1.82, 2.24) is 25.0 Å². The summed E-state index contributed by atoms with van der Waals surface area (Å²) in [5.74, 6) is 2.30. The summed E-state index contributed by atoms with van der Waals surface area (Å²) in [6.45, 7) is 1.90. The molecule has 182 valence electrons. The Hall–Kier alpha value is -2.47. The fraction of sp³-hybridized carbons (Fsp3) is 0.565. The molecule has 4 N–H and O–H groups in total. The van der Waals surface area contributed by atoms with Gasteiger partial charge in [-0.25, -0.2) is 14.6 Å². The molecule has 0 aliphatic heterocycles. The minimum Gasteiger partial charge on any atom is -0.497 e. The molecule has 10 nitrogen and oxygen atoms in total. The van der Waals surface area contributed by atoms with Gasteiger partial charge in [-0.2, -0.15) is 0 Å². The van der Waals surface area contributed by atoms with Crippen molar-refractivity contribution in [2.24, 2.45) is 5.92 Å². The topological polar surface area (TPSA) is 138 Å². The number of nitrogens with one attached hydrogen (secondary N) is 1. The first kappa shape index (κ1) is 23.3. The van der Waals surface area contributed by atoms with Crippen molar-refractivity contribution in [3.63, 3.8) is 0 Å². The van der Waals surface area contributed by atoms with Crippen LogP contribution in [0.15, 0.2) is 29.4 Å². The summed E-state index contributed by atoms with van der Waals surface area (Å²) >= 11 is 1.56. The largest absolute Gasteiger partial charge is 0.497 e. The van der Waals surface area contributed by atoms with Gasteiger partial charge in [0.05, 0.1) is 19.3 Å². The highest BCUT2D eigenvalue weighted by atomic mass is 32.2. The Labute approximate surface area is 201 Å². The van der Waals surface area contributed by atoms with Gasteiger partial charge in [0, 0.05) is 30.2 Å². The van der Waals surface area contributed by atoms with Crippen molar-refractivity contribution >= 4 is 28.7 Å². The second-order valence-electron chi connectivity index (χ2n) is 9.00. The smallest absolute Gasteiger partial charge is 0.191 e. The van der Waals surface area contributed by atoms with Crippen LogP contribution < -0.4 is 10.1 Å². The number of hydrogen-bond donors (Lipinski definition) is 4. The Kier molecular flexibility index (Phi) is 6.61. The zero-order valence-electron chi connectivity index (χ0n) is 19.2. The highest BCUT2D eigenvalue weighted by Crippen LogP contribution is 2.44. The van der Waals surface area contributed by atoms with Gasteiger partial charge in [0.25, 0.3) is 0 Å². The number of hydrogen-bond acceptors (Lipinski definition) is 10. The molecule has 6 atom stereocenters. The number of aromatic nitrogens is 5. The van der Waals surface area contributed by atoms with Gasteiger partial charge in [-0.05, 0) is 37.0 Å². The molecule has 34 heavy (non-hydrogen) atoms. The minimum atomic E-state index is -1.05. The summed E-state index contributed by atoms with van der Waals surface area (Å²) in [5, 5.41) is 43.2. The number of aliphatic hydroxyl groups excluding tert-OH is 3. The van der Waals surface area contributed by atoms with Crippen molar-refractivity contribution in [3.05, 3.63) is 29.8 Å². The zero-order valence-corrected chi connectivity index (χ0v) is 20.0. The number of fused-ring (bicyclic) bond motifs is 1. The maximum absolute atomic E-state index is 10.6. The lowest BCUT2D eigenvalue weighted by molar-refractivity contribution is -0.00512. The maximum Gasteiger partial charge on any atom is 0.191 e. The molecule has 0 bridgehead atoms. The van der Waals surface area contributed by atoms with E-state index in [1.807, 2.05) is 12.1 Å². The molecule has 6 unspecified atom stereocenters. The van der Waals surface area contributed by atoms with Gasteiger partial charge in [-0.3, -0.25) is 0 Å². The zero-order chi connectivity index (χ0) is 23.8. The molecule has 11 heteroatoms. The molecule has 2 aliphatic carbocycles. The van der Waals surface area contributed by atoms with Crippen molar-refractivity contribution in [2.45, 2.75) is 61.6 Å². The first-order chi connectivity index (χ1) is 16.5. The van der Waals surface area contributed by atoms with E-state index < -0.39 is 24.2 Å². The normalized spacial score (nSPS) is 28.4. The summed E-state index contributed by atoms with van der Waals surface area (Å²) in [7, 11) is 1.66. The van der Waals surface area contributed by atoms with Crippen LogP contribution in [0.3, 0.4) is 0 Å². The van der Waals surface area contributed by atoms with E-state index in [0.717, 1.165) is 24.3 Å². The molecule has 3 aromatic rings. The van der Waals surface area contributed by atoms with Crippen LogP contribution in [0.4, 0.5) is 5.82 Å². The van der Waals surface area contributed by atoms with Gasteiger partial charge in [-0.1, -0.05) is 36.0 Å². The van der Waals surface area contributed by atoms with Crippen LogP contribution in [0, 0.1) is 5.92 Å². The fourth-order valence-electron chi connectivity index (χ4n) is 4.66. The Balaban J connectivity index is 1.43. The highest BCUT2D eigenvalue weighted by molar-refractivity contribution is 7.99. The second kappa shape index (κ2) is 9.65. The van der Waals surface area contributed by atoms with Crippen LogP contribution in [0.25, 0.3) is 11.2 Å². The van der Waals surface area contributed by atoms with E-state index in [9.17, 15) is 15.3 Å². The van der Waals surface area contributed by atoms with E-state index in [1.165, 1.54) is 5.56 Å². The highest BCUT2D eigenvalue weighted by Gasteiger charge is 2.44. The number of anilines is 1.